The molecular weight excluding hydrogens is 310 g/mol. The van der Waals surface area contributed by atoms with Crippen molar-refractivity contribution in [3.8, 4) is 16.9 Å². The van der Waals surface area contributed by atoms with Crippen molar-refractivity contribution in [1.29, 1.82) is 0 Å². The van der Waals surface area contributed by atoms with E-state index in [1.165, 1.54) is 5.56 Å². The van der Waals surface area contributed by atoms with Crippen LogP contribution in [0.15, 0.2) is 54.7 Å². The topological polar surface area (TPSA) is 46.9 Å². The third-order valence-corrected chi connectivity index (χ3v) is 4.04. The number of hydrogen-bond acceptors (Lipinski definition) is 2. The highest BCUT2D eigenvalue weighted by Gasteiger charge is 2.20. The average molecular weight is 333 g/mol. The lowest BCUT2D eigenvalue weighted by molar-refractivity contribution is 0.0944. The molecule has 0 aliphatic carbocycles. The summed E-state index contributed by atoms with van der Waals surface area (Å²) in [6, 6.07) is 16.1. The van der Waals surface area contributed by atoms with E-state index in [4.69, 9.17) is 5.10 Å². The summed E-state index contributed by atoms with van der Waals surface area (Å²) >= 11 is 0. The molecule has 1 amide bonds. The molecule has 3 aromatic rings. The van der Waals surface area contributed by atoms with Gasteiger partial charge in [0.25, 0.3) is 5.91 Å². The first kappa shape index (κ1) is 17.0. The Kier molecular flexibility index (Phi) is 4.70. The molecule has 0 atom stereocenters. The van der Waals surface area contributed by atoms with E-state index in [1.54, 1.807) is 4.68 Å². The van der Waals surface area contributed by atoms with Crippen LogP contribution in [0.5, 0.6) is 0 Å². The number of nitrogens with one attached hydrogen (secondary N) is 1. The molecule has 4 nitrogen and oxygen atoms in total. The molecule has 1 heterocycles. The molecule has 1 aromatic heterocycles. The van der Waals surface area contributed by atoms with Gasteiger partial charge in [0.2, 0.25) is 0 Å². The largest absolute Gasteiger partial charge is 0.350 e. The maximum absolute atomic E-state index is 12.7. The Bertz CT molecular complexity index is 895. The van der Waals surface area contributed by atoms with Gasteiger partial charge in [-0.3, -0.25) is 4.79 Å². The summed E-state index contributed by atoms with van der Waals surface area (Å²) in [7, 11) is 0. The number of rotatable bonds is 4. The quantitative estimate of drug-likeness (QED) is 0.774. The fraction of sp³-hybridized carbons (Fsp3) is 0.238. The van der Waals surface area contributed by atoms with Crippen LogP contribution in [0.1, 0.15) is 35.3 Å². The molecule has 0 radical (unpaired) electrons. The zero-order valence-corrected chi connectivity index (χ0v) is 15.1. The van der Waals surface area contributed by atoms with Crippen LogP contribution in [-0.2, 0) is 0 Å². The van der Waals surface area contributed by atoms with E-state index < -0.39 is 0 Å². The van der Waals surface area contributed by atoms with Crippen molar-refractivity contribution >= 4 is 5.91 Å². The Labute approximate surface area is 148 Å². The molecule has 3 rings (SSSR count). The highest BCUT2D eigenvalue weighted by Crippen LogP contribution is 2.27. The van der Waals surface area contributed by atoms with Crippen molar-refractivity contribution in [3.63, 3.8) is 0 Å². The molecule has 0 saturated carbocycles. The molecule has 0 unspecified atom stereocenters. The van der Waals surface area contributed by atoms with Crippen molar-refractivity contribution in [2.24, 2.45) is 0 Å². The van der Waals surface area contributed by atoms with Gasteiger partial charge in [-0.2, -0.15) is 5.10 Å². The molecule has 0 fully saturated rings. The van der Waals surface area contributed by atoms with Crippen molar-refractivity contribution < 1.29 is 4.79 Å². The lowest BCUT2D eigenvalue weighted by Gasteiger charge is -2.09. The number of carbonyl (C=O) groups excluding carboxylic acids is 1. The maximum Gasteiger partial charge on any atom is 0.255 e. The fourth-order valence-corrected chi connectivity index (χ4v) is 2.87. The number of nitrogens with zero attached hydrogens (tertiary/aromatic N) is 2. The van der Waals surface area contributed by atoms with Crippen molar-refractivity contribution in [2.45, 2.75) is 33.7 Å². The summed E-state index contributed by atoms with van der Waals surface area (Å²) in [6.45, 7) is 8.02. The average Bonchev–Trinajstić information content (AvgIpc) is 3.00. The van der Waals surface area contributed by atoms with Gasteiger partial charge in [0.1, 0.15) is 5.69 Å². The minimum absolute atomic E-state index is 0.0690. The highest BCUT2D eigenvalue weighted by molar-refractivity contribution is 6.00. The van der Waals surface area contributed by atoms with Crippen LogP contribution in [0.3, 0.4) is 0 Å². The van der Waals surface area contributed by atoms with E-state index in [0.29, 0.717) is 11.3 Å². The molecule has 128 valence electrons. The minimum Gasteiger partial charge on any atom is -0.350 e. The number of aromatic nitrogens is 2. The maximum atomic E-state index is 12.7. The van der Waals surface area contributed by atoms with Crippen LogP contribution in [0, 0.1) is 13.8 Å². The number of amides is 1. The molecule has 2 aromatic carbocycles. The normalized spacial score (nSPS) is 10.9. The second kappa shape index (κ2) is 6.93. The molecule has 4 heteroatoms. The Morgan fingerprint density at radius 1 is 1.08 bits per heavy atom. The number of hydrogen-bond donors (Lipinski definition) is 1. The van der Waals surface area contributed by atoms with Gasteiger partial charge in [0.15, 0.2) is 0 Å². The Hall–Kier alpha value is -2.88. The molecule has 25 heavy (non-hydrogen) atoms. The van der Waals surface area contributed by atoms with Crippen LogP contribution in [0.2, 0.25) is 0 Å². The molecule has 0 bridgehead atoms. The summed E-state index contributed by atoms with van der Waals surface area (Å²) in [4.78, 5) is 12.7. The van der Waals surface area contributed by atoms with Crippen LogP contribution in [0.25, 0.3) is 16.9 Å². The number of para-hydroxylation sites is 1. The molecule has 1 N–H and O–H groups in total. The third kappa shape index (κ3) is 3.63. The number of carbonyl (C=O) groups is 1. The van der Waals surface area contributed by atoms with Crippen molar-refractivity contribution in [2.75, 3.05) is 0 Å². The first-order valence-corrected chi connectivity index (χ1v) is 8.49. The second-order valence-electron chi connectivity index (χ2n) is 6.62. The van der Waals surface area contributed by atoms with Gasteiger partial charge in [-0.1, -0.05) is 42.0 Å². The predicted molar refractivity (Wildman–Crippen MR) is 101 cm³/mol. The van der Waals surface area contributed by atoms with Crippen LogP contribution in [-0.4, -0.2) is 21.7 Å². The zero-order chi connectivity index (χ0) is 18.0. The fourth-order valence-electron chi connectivity index (χ4n) is 2.87. The van der Waals surface area contributed by atoms with Crippen LogP contribution in [0.4, 0.5) is 0 Å². The highest BCUT2D eigenvalue weighted by atomic mass is 16.1. The van der Waals surface area contributed by atoms with E-state index in [0.717, 1.165) is 16.8 Å². The number of aryl methyl sites for hydroxylation is 2. The van der Waals surface area contributed by atoms with Crippen molar-refractivity contribution in [3.05, 3.63) is 71.4 Å². The van der Waals surface area contributed by atoms with Gasteiger partial charge in [-0.25, -0.2) is 4.68 Å². The second-order valence-corrected chi connectivity index (χ2v) is 6.62. The molecule has 0 spiro atoms. The van der Waals surface area contributed by atoms with E-state index in [-0.39, 0.29) is 11.9 Å². The SMILES string of the molecule is Cc1ccc(-c2nn(-c3ccccc3)cc2C(=O)NC(C)C)c(C)c1. The monoisotopic (exact) mass is 333 g/mol. The molecule has 0 saturated heterocycles. The first-order valence-electron chi connectivity index (χ1n) is 8.49. The smallest absolute Gasteiger partial charge is 0.255 e. The summed E-state index contributed by atoms with van der Waals surface area (Å²) in [5.41, 5.74) is 5.50. The summed E-state index contributed by atoms with van der Waals surface area (Å²) in [5, 5.41) is 7.70. The standard InChI is InChI=1S/C21H23N3O/c1-14(2)22-21(25)19-13-24(17-8-6-5-7-9-17)23-20(19)18-11-10-15(3)12-16(18)4/h5-14H,1-4H3,(H,22,25). The van der Waals surface area contributed by atoms with Crippen molar-refractivity contribution in [1.82, 2.24) is 15.1 Å². The van der Waals surface area contributed by atoms with Gasteiger partial charge >= 0.3 is 0 Å². The summed E-state index contributed by atoms with van der Waals surface area (Å²) in [5.74, 6) is -0.104. The lowest BCUT2D eigenvalue weighted by atomic mass is 10.0. The molecular formula is C21H23N3O. The van der Waals surface area contributed by atoms with Gasteiger partial charge in [-0.15, -0.1) is 0 Å². The molecule has 0 aliphatic heterocycles. The van der Waals surface area contributed by atoms with E-state index >= 15 is 0 Å². The first-order chi connectivity index (χ1) is 12.0. The lowest BCUT2D eigenvalue weighted by Crippen LogP contribution is -2.30. The van der Waals surface area contributed by atoms with Gasteiger partial charge in [0.05, 0.1) is 11.3 Å². The summed E-state index contributed by atoms with van der Waals surface area (Å²) in [6.07, 6.45) is 1.81. The third-order valence-electron chi connectivity index (χ3n) is 4.04. The van der Waals surface area contributed by atoms with Crippen LogP contribution < -0.4 is 5.32 Å². The van der Waals surface area contributed by atoms with Gasteiger partial charge in [-0.05, 0) is 45.4 Å². The Morgan fingerprint density at radius 2 is 1.80 bits per heavy atom. The Morgan fingerprint density at radius 3 is 2.44 bits per heavy atom. The van der Waals surface area contributed by atoms with E-state index in [1.807, 2.05) is 69.4 Å². The minimum atomic E-state index is -0.104. The zero-order valence-electron chi connectivity index (χ0n) is 15.1. The van der Waals surface area contributed by atoms with Gasteiger partial charge in [0, 0.05) is 17.8 Å². The predicted octanol–water partition coefficient (Wildman–Crippen LogP) is 4.29. The van der Waals surface area contributed by atoms with E-state index in [9.17, 15) is 4.79 Å². The molecule has 0 aliphatic rings. The Balaban J connectivity index is 2.14. The van der Waals surface area contributed by atoms with Gasteiger partial charge < -0.3 is 5.32 Å². The number of benzene rings is 2. The van der Waals surface area contributed by atoms with E-state index in [2.05, 4.69) is 18.3 Å². The van der Waals surface area contributed by atoms with Crippen LogP contribution >= 0.6 is 0 Å². The summed E-state index contributed by atoms with van der Waals surface area (Å²) < 4.78 is 1.77.